The van der Waals surface area contributed by atoms with E-state index in [1.807, 2.05) is 6.92 Å². The lowest BCUT2D eigenvalue weighted by atomic mass is 10.1. The van der Waals surface area contributed by atoms with Gasteiger partial charge in [-0.15, -0.1) is 0 Å². The van der Waals surface area contributed by atoms with Gasteiger partial charge in [-0.3, -0.25) is 0 Å². The fourth-order valence-corrected chi connectivity index (χ4v) is 1.98. The largest absolute Gasteiger partial charge is 0.382 e. The highest BCUT2D eigenvalue weighted by Gasteiger charge is 2.07. The fourth-order valence-electron chi connectivity index (χ4n) is 1.79. The maximum atomic E-state index is 13.1. The molecule has 0 aliphatic carbocycles. The minimum atomic E-state index is -0.379. The third-order valence-corrected chi connectivity index (χ3v) is 3.33. The molecule has 0 fully saturated rings. The zero-order valence-corrected chi connectivity index (χ0v) is 12.9. The van der Waals surface area contributed by atoms with Crippen molar-refractivity contribution in [3.63, 3.8) is 0 Å². The Morgan fingerprint density at radius 2 is 2.05 bits per heavy atom. The minimum absolute atomic E-state index is 0.155. The second-order valence-corrected chi connectivity index (χ2v) is 5.07. The molecule has 5 heteroatoms. The highest BCUT2D eigenvalue weighted by Crippen LogP contribution is 2.20. The molecule has 1 aromatic carbocycles. The number of nitrogens with one attached hydrogen (secondary N) is 1. The van der Waals surface area contributed by atoms with Crippen molar-refractivity contribution in [1.29, 1.82) is 0 Å². The molecule has 0 bridgehead atoms. The van der Waals surface area contributed by atoms with Crippen LogP contribution >= 0.6 is 11.6 Å². The molecule has 0 spiro atoms. The summed E-state index contributed by atoms with van der Waals surface area (Å²) < 4.78 is 23.3. The van der Waals surface area contributed by atoms with Crippen LogP contribution in [0.3, 0.4) is 0 Å². The summed E-state index contributed by atoms with van der Waals surface area (Å²) in [5.41, 5.74) is 0.993. The number of ether oxygens (including phenoxy) is 2. The van der Waals surface area contributed by atoms with Gasteiger partial charge in [-0.25, -0.2) is 4.39 Å². The van der Waals surface area contributed by atoms with Crippen LogP contribution in [0.15, 0.2) is 18.2 Å². The first-order valence-electron chi connectivity index (χ1n) is 6.90. The monoisotopic (exact) mass is 303 g/mol. The van der Waals surface area contributed by atoms with E-state index in [0.29, 0.717) is 13.2 Å². The lowest BCUT2D eigenvalue weighted by Crippen LogP contribution is -2.20. The van der Waals surface area contributed by atoms with Crippen LogP contribution in [0.1, 0.15) is 31.4 Å². The number of unbranched alkanes of at least 4 members (excludes halogenated alkanes) is 1. The summed E-state index contributed by atoms with van der Waals surface area (Å²) >= 11 is 5.77. The van der Waals surface area contributed by atoms with E-state index in [1.54, 1.807) is 19.2 Å². The van der Waals surface area contributed by atoms with E-state index < -0.39 is 0 Å². The second kappa shape index (κ2) is 10.1. The third kappa shape index (κ3) is 6.66. The second-order valence-electron chi connectivity index (χ2n) is 4.66. The van der Waals surface area contributed by atoms with Crippen molar-refractivity contribution in [3.8, 4) is 0 Å². The summed E-state index contributed by atoms with van der Waals surface area (Å²) in [6.07, 6.45) is 2.04. The van der Waals surface area contributed by atoms with Gasteiger partial charge in [-0.1, -0.05) is 17.7 Å². The molecule has 0 saturated carbocycles. The number of benzene rings is 1. The van der Waals surface area contributed by atoms with Crippen LogP contribution in [0.4, 0.5) is 4.39 Å². The van der Waals surface area contributed by atoms with Crippen LogP contribution in [0.2, 0.25) is 5.02 Å². The molecule has 1 rings (SSSR count). The molecule has 1 N–H and O–H groups in total. The molecule has 3 nitrogen and oxygen atoms in total. The Labute approximate surface area is 125 Å². The SMILES string of the molecule is COCCOCCCCNC(C)c1ccc(F)c(Cl)c1. The highest BCUT2D eigenvalue weighted by molar-refractivity contribution is 6.30. The lowest BCUT2D eigenvalue weighted by Gasteiger charge is -2.14. The van der Waals surface area contributed by atoms with Crippen molar-refractivity contribution in [2.45, 2.75) is 25.8 Å². The first-order chi connectivity index (χ1) is 9.65. The standard InChI is InChI=1S/C15H23ClFNO2/c1-12(13-5-6-15(17)14(16)11-13)18-7-3-4-8-20-10-9-19-2/h5-6,11-12,18H,3-4,7-10H2,1-2H3. The summed E-state index contributed by atoms with van der Waals surface area (Å²) in [4.78, 5) is 0. The average Bonchev–Trinajstić information content (AvgIpc) is 2.44. The number of halogens is 2. The van der Waals surface area contributed by atoms with E-state index in [-0.39, 0.29) is 16.9 Å². The van der Waals surface area contributed by atoms with E-state index in [4.69, 9.17) is 21.1 Å². The molecule has 114 valence electrons. The summed E-state index contributed by atoms with van der Waals surface area (Å²) in [5.74, 6) is -0.379. The molecule has 1 aromatic rings. The van der Waals surface area contributed by atoms with Crippen LogP contribution in [0.5, 0.6) is 0 Å². The van der Waals surface area contributed by atoms with Crippen molar-refractivity contribution >= 4 is 11.6 Å². The molecular weight excluding hydrogens is 281 g/mol. The van der Waals surface area contributed by atoms with Gasteiger partial charge in [0.2, 0.25) is 0 Å². The summed E-state index contributed by atoms with van der Waals surface area (Å²) in [6, 6.07) is 4.98. The minimum Gasteiger partial charge on any atom is -0.382 e. The van der Waals surface area contributed by atoms with Gasteiger partial charge < -0.3 is 14.8 Å². The van der Waals surface area contributed by atoms with Crippen molar-refractivity contribution < 1.29 is 13.9 Å². The predicted molar refractivity (Wildman–Crippen MR) is 79.8 cm³/mol. The maximum absolute atomic E-state index is 13.1. The van der Waals surface area contributed by atoms with E-state index in [0.717, 1.165) is 31.6 Å². The van der Waals surface area contributed by atoms with Gasteiger partial charge in [0.15, 0.2) is 0 Å². The molecule has 0 saturated heterocycles. The van der Waals surface area contributed by atoms with E-state index in [2.05, 4.69) is 5.32 Å². The van der Waals surface area contributed by atoms with Gasteiger partial charge >= 0.3 is 0 Å². The first kappa shape index (κ1) is 17.4. The Hall–Kier alpha value is -0.680. The van der Waals surface area contributed by atoms with Crippen LogP contribution in [-0.2, 0) is 9.47 Å². The zero-order chi connectivity index (χ0) is 14.8. The zero-order valence-electron chi connectivity index (χ0n) is 12.1. The normalized spacial score (nSPS) is 12.6. The topological polar surface area (TPSA) is 30.5 Å². The van der Waals surface area contributed by atoms with Gasteiger partial charge in [-0.2, -0.15) is 0 Å². The van der Waals surface area contributed by atoms with E-state index in [9.17, 15) is 4.39 Å². The van der Waals surface area contributed by atoms with Crippen molar-refractivity contribution in [2.75, 3.05) is 33.5 Å². The quantitative estimate of drug-likeness (QED) is 0.670. The van der Waals surface area contributed by atoms with Gasteiger partial charge in [0.1, 0.15) is 5.82 Å². The summed E-state index contributed by atoms with van der Waals surface area (Å²) in [5, 5.41) is 3.56. The molecular formula is C15H23ClFNO2. The lowest BCUT2D eigenvalue weighted by molar-refractivity contribution is 0.0687. The molecule has 0 aliphatic heterocycles. The Bertz CT molecular complexity index is 390. The third-order valence-electron chi connectivity index (χ3n) is 3.04. The Balaban J connectivity index is 2.13. The van der Waals surface area contributed by atoms with Gasteiger partial charge in [0.25, 0.3) is 0 Å². The average molecular weight is 304 g/mol. The van der Waals surface area contributed by atoms with Gasteiger partial charge in [-0.05, 0) is 44.0 Å². The highest BCUT2D eigenvalue weighted by atomic mass is 35.5. The molecule has 20 heavy (non-hydrogen) atoms. The predicted octanol–water partition coefficient (Wildman–Crippen LogP) is 3.57. The van der Waals surface area contributed by atoms with E-state index >= 15 is 0 Å². The Morgan fingerprint density at radius 3 is 2.75 bits per heavy atom. The Kier molecular flexibility index (Phi) is 8.78. The molecule has 0 radical (unpaired) electrons. The van der Waals surface area contributed by atoms with Crippen LogP contribution in [0.25, 0.3) is 0 Å². The number of hydrogen-bond donors (Lipinski definition) is 1. The van der Waals surface area contributed by atoms with Crippen molar-refractivity contribution in [3.05, 3.63) is 34.6 Å². The molecule has 1 atom stereocenters. The van der Waals surface area contributed by atoms with Gasteiger partial charge in [0, 0.05) is 19.8 Å². The van der Waals surface area contributed by atoms with Crippen molar-refractivity contribution in [2.24, 2.45) is 0 Å². The Morgan fingerprint density at radius 1 is 1.25 bits per heavy atom. The molecule has 0 aromatic heterocycles. The van der Waals surface area contributed by atoms with Gasteiger partial charge in [0.05, 0.1) is 18.2 Å². The van der Waals surface area contributed by atoms with Crippen LogP contribution in [0, 0.1) is 5.82 Å². The molecule has 0 amide bonds. The smallest absolute Gasteiger partial charge is 0.141 e. The van der Waals surface area contributed by atoms with Crippen LogP contribution in [-0.4, -0.2) is 33.5 Å². The van der Waals surface area contributed by atoms with Crippen molar-refractivity contribution in [1.82, 2.24) is 5.32 Å². The van der Waals surface area contributed by atoms with E-state index in [1.165, 1.54) is 6.07 Å². The summed E-state index contributed by atoms with van der Waals surface area (Å²) in [6.45, 7) is 4.97. The molecule has 0 heterocycles. The first-order valence-corrected chi connectivity index (χ1v) is 7.28. The maximum Gasteiger partial charge on any atom is 0.141 e. The summed E-state index contributed by atoms with van der Waals surface area (Å²) in [7, 11) is 1.66. The molecule has 0 aliphatic rings. The van der Waals surface area contributed by atoms with Crippen LogP contribution < -0.4 is 5.32 Å². The number of methoxy groups -OCH3 is 1. The fraction of sp³-hybridized carbons (Fsp3) is 0.600. The number of hydrogen-bond acceptors (Lipinski definition) is 3. The number of rotatable bonds is 10. The molecule has 1 unspecified atom stereocenters.